The summed E-state index contributed by atoms with van der Waals surface area (Å²) in [4.78, 5) is 25.4. The number of unbranched alkanes of at least 4 members (excludes halogenated alkanes) is 14. The van der Waals surface area contributed by atoms with Crippen LogP contribution in [0, 0.1) is 0 Å². The number of esters is 2. The number of aliphatic hydroxyl groups excluding tert-OH is 3. The van der Waals surface area contributed by atoms with Gasteiger partial charge >= 0.3 is 11.9 Å². The van der Waals surface area contributed by atoms with Gasteiger partial charge in [0.05, 0.1) is 6.61 Å². The van der Waals surface area contributed by atoms with Crippen molar-refractivity contribution in [2.45, 2.75) is 205 Å². The van der Waals surface area contributed by atoms with E-state index in [-0.39, 0.29) is 19.4 Å². The van der Waals surface area contributed by atoms with Gasteiger partial charge < -0.3 is 34.3 Å². The van der Waals surface area contributed by atoms with Crippen LogP contribution in [0.15, 0.2) is 72.9 Å². The van der Waals surface area contributed by atoms with Crippen molar-refractivity contribution in [3.63, 3.8) is 0 Å². The zero-order valence-corrected chi connectivity index (χ0v) is 38.8. The fraction of sp³-hybridized carbons (Fsp3) is 0.714. The molecule has 1 heterocycles. The Morgan fingerprint density at radius 1 is 0.565 bits per heavy atom. The lowest BCUT2D eigenvalue weighted by Crippen LogP contribution is -2.60. The van der Waals surface area contributed by atoms with Crippen molar-refractivity contribution in [1.29, 1.82) is 0 Å². The summed E-state index contributed by atoms with van der Waals surface area (Å²) < 4.78 is 54.1. The third kappa shape index (κ3) is 32.7. The molecule has 0 aromatic heterocycles. The maximum absolute atomic E-state index is 12.8. The molecule has 13 heteroatoms. The van der Waals surface area contributed by atoms with Crippen LogP contribution in [0.4, 0.5) is 0 Å². The Morgan fingerprint density at radius 3 is 1.56 bits per heavy atom. The lowest BCUT2D eigenvalue weighted by atomic mass is 10.00. The second kappa shape index (κ2) is 38.5. The minimum absolute atomic E-state index is 0.118. The van der Waals surface area contributed by atoms with Crippen LogP contribution in [0.3, 0.4) is 0 Å². The third-order valence-electron chi connectivity index (χ3n) is 10.3. The van der Waals surface area contributed by atoms with Gasteiger partial charge in [0.2, 0.25) is 0 Å². The highest BCUT2D eigenvalue weighted by Gasteiger charge is 2.46. The minimum atomic E-state index is -4.61. The van der Waals surface area contributed by atoms with Gasteiger partial charge in [-0.25, -0.2) is 0 Å². The molecule has 6 atom stereocenters. The Balaban J connectivity index is 2.48. The van der Waals surface area contributed by atoms with Crippen LogP contribution >= 0.6 is 0 Å². The number of carbonyl (C=O) groups is 2. The molecule has 1 fully saturated rings. The summed E-state index contributed by atoms with van der Waals surface area (Å²) in [6, 6.07) is 0. The predicted molar refractivity (Wildman–Crippen MR) is 247 cm³/mol. The zero-order chi connectivity index (χ0) is 45.5. The van der Waals surface area contributed by atoms with Crippen molar-refractivity contribution in [3.8, 4) is 0 Å². The molecular formula is C49H82O12S. The zero-order valence-electron chi connectivity index (χ0n) is 37.9. The van der Waals surface area contributed by atoms with E-state index in [1.165, 1.54) is 57.8 Å². The first-order valence-electron chi connectivity index (χ1n) is 23.5. The highest BCUT2D eigenvalue weighted by Crippen LogP contribution is 2.24. The lowest BCUT2D eigenvalue weighted by Gasteiger charge is -2.40. The Hall–Kier alpha value is -2.91. The summed E-state index contributed by atoms with van der Waals surface area (Å²) in [5, 5.41) is 30.9. The summed E-state index contributed by atoms with van der Waals surface area (Å²) in [7, 11) is -4.61. The molecule has 0 aliphatic carbocycles. The fourth-order valence-corrected chi connectivity index (χ4v) is 7.33. The van der Waals surface area contributed by atoms with Gasteiger partial charge in [-0.2, -0.15) is 8.42 Å². The normalized spacial score (nSPS) is 20.5. The Bertz CT molecular complexity index is 1420. The molecule has 1 aliphatic rings. The molecular weight excluding hydrogens is 813 g/mol. The highest BCUT2D eigenvalue weighted by molar-refractivity contribution is 7.85. The number of ether oxygens (including phenoxy) is 4. The van der Waals surface area contributed by atoms with E-state index < -0.39 is 71.2 Å². The average molecular weight is 895 g/mol. The van der Waals surface area contributed by atoms with E-state index in [1.807, 2.05) is 0 Å². The average Bonchev–Trinajstić information content (AvgIpc) is 3.24. The molecule has 0 aromatic rings. The number of hydrogen-bond donors (Lipinski definition) is 4. The Morgan fingerprint density at radius 2 is 1.02 bits per heavy atom. The van der Waals surface area contributed by atoms with Crippen molar-refractivity contribution in [1.82, 2.24) is 0 Å². The quantitative estimate of drug-likeness (QED) is 0.0199. The number of hydrogen-bond acceptors (Lipinski definition) is 11. The van der Waals surface area contributed by atoms with Crippen LogP contribution in [0.25, 0.3) is 0 Å². The summed E-state index contributed by atoms with van der Waals surface area (Å²) >= 11 is 0. The van der Waals surface area contributed by atoms with E-state index in [4.69, 9.17) is 18.9 Å². The van der Waals surface area contributed by atoms with E-state index in [9.17, 15) is 37.9 Å². The molecule has 1 saturated heterocycles. The SMILES string of the molecule is CC/C=C/C/C=C/C/C=C/C/C=C/C/C=C/CCCCCC(=O)O[C@H](COC(=O)CCCC/C=C/CCCCCCCCCCC)CO[C@H]1O[C@H](CS(=O)(=O)O)[C@@H](O)C(O)C1O. The van der Waals surface area contributed by atoms with Gasteiger partial charge in [-0.3, -0.25) is 14.1 Å². The molecule has 0 radical (unpaired) electrons. The summed E-state index contributed by atoms with van der Waals surface area (Å²) in [6.07, 6.45) is 39.5. The molecule has 0 saturated carbocycles. The minimum Gasteiger partial charge on any atom is -0.462 e. The molecule has 0 amide bonds. The van der Waals surface area contributed by atoms with Crippen molar-refractivity contribution in [2.75, 3.05) is 19.0 Å². The standard InChI is InChI=1S/C49H82O12S/c1-3-5-7-9-11-13-15-17-19-20-21-22-24-26-28-30-32-34-36-38-45(51)60-42(40-59-49-48(54)47(53)46(52)43(61-49)41-62(55,56)57)39-58-44(50)37-35-33-31-29-27-25-23-18-16-14-12-10-8-6-4-2/h5,7,11,13,17,19,21-22,26-29,42-43,46-49,52-54H,3-4,6,8-10,12,14-16,18,20,23-25,30-41H2,1-2H3,(H,55,56,57)/b7-5+,13-11+,19-17+,22-21+,28-26+,29-27+/t42-,43-,46-,47?,48?,49+/m1/s1. The molecule has 1 aliphatic heterocycles. The van der Waals surface area contributed by atoms with Crippen molar-refractivity contribution >= 4 is 22.1 Å². The summed E-state index contributed by atoms with van der Waals surface area (Å²) in [5.74, 6) is -2.06. The van der Waals surface area contributed by atoms with Gasteiger partial charge in [-0.1, -0.05) is 145 Å². The molecule has 4 N–H and O–H groups in total. The maximum atomic E-state index is 12.8. The van der Waals surface area contributed by atoms with Crippen molar-refractivity contribution < 1.29 is 56.8 Å². The largest absolute Gasteiger partial charge is 0.462 e. The molecule has 2 unspecified atom stereocenters. The smallest absolute Gasteiger partial charge is 0.306 e. The van der Waals surface area contributed by atoms with Gasteiger partial charge in [0, 0.05) is 12.8 Å². The fourth-order valence-electron chi connectivity index (χ4n) is 6.64. The number of rotatable bonds is 38. The maximum Gasteiger partial charge on any atom is 0.306 e. The van der Waals surface area contributed by atoms with Crippen LogP contribution in [-0.2, 0) is 38.7 Å². The van der Waals surface area contributed by atoms with E-state index in [1.54, 1.807) is 0 Å². The Kier molecular flexibility index (Phi) is 35.5. The van der Waals surface area contributed by atoms with Crippen molar-refractivity contribution in [2.24, 2.45) is 0 Å². The van der Waals surface area contributed by atoms with Gasteiger partial charge in [0.1, 0.15) is 36.8 Å². The molecule has 0 spiro atoms. The van der Waals surface area contributed by atoms with E-state index >= 15 is 0 Å². The van der Waals surface area contributed by atoms with E-state index in [0.717, 1.165) is 70.6 Å². The van der Waals surface area contributed by atoms with Crippen molar-refractivity contribution in [3.05, 3.63) is 72.9 Å². The molecule has 0 bridgehead atoms. The highest BCUT2D eigenvalue weighted by atomic mass is 32.2. The summed E-state index contributed by atoms with van der Waals surface area (Å²) in [6.45, 7) is 3.60. The molecule has 356 valence electrons. The van der Waals surface area contributed by atoms with Crippen LogP contribution in [-0.4, -0.2) is 96.0 Å². The first-order chi connectivity index (χ1) is 30.0. The molecule has 62 heavy (non-hydrogen) atoms. The number of aliphatic hydroxyl groups is 3. The topological polar surface area (TPSA) is 186 Å². The van der Waals surface area contributed by atoms with Crippen LogP contribution in [0.1, 0.15) is 168 Å². The summed E-state index contributed by atoms with van der Waals surface area (Å²) in [5.41, 5.74) is 0. The lowest BCUT2D eigenvalue weighted by molar-refractivity contribution is -0.297. The van der Waals surface area contributed by atoms with Crippen LogP contribution < -0.4 is 0 Å². The number of carbonyl (C=O) groups excluding carboxylic acids is 2. The Labute approximate surface area is 374 Å². The van der Waals surface area contributed by atoms with Gasteiger partial charge in [0.25, 0.3) is 10.1 Å². The molecule has 12 nitrogen and oxygen atoms in total. The second-order valence-electron chi connectivity index (χ2n) is 16.0. The number of allylic oxidation sites excluding steroid dienone is 12. The molecule has 1 rings (SSSR count). The monoisotopic (exact) mass is 895 g/mol. The van der Waals surface area contributed by atoms with Gasteiger partial charge in [0.15, 0.2) is 12.4 Å². The first-order valence-corrected chi connectivity index (χ1v) is 25.1. The van der Waals surface area contributed by atoms with E-state index in [0.29, 0.717) is 12.8 Å². The van der Waals surface area contributed by atoms with Gasteiger partial charge in [-0.15, -0.1) is 0 Å². The van der Waals surface area contributed by atoms with Gasteiger partial charge in [-0.05, 0) is 83.5 Å². The van der Waals surface area contributed by atoms with Crippen LogP contribution in [0.2, 0.25) is 0 Å². The predicted octanol–water partition coefficient (Wildman–Crippen LogP) is 9.89. The molecule has 0 aromatic carbocycles. The third-order valence-corrected chi connectivity index (χ3v) is 11.0. The van der Waals surface area contributed by atoms with E-state index in [2.05, 4.69) is 86.8 Å². The first kappa shape index (κ1) is 57.1. The van der Waals surface area contributed by atoms with Crippen LogP contribution in [0.5, 0.6) is 0 Å². The second-order valence-corrected chi connectivity index (χ2v) is 17.5.